The highest BCUT2D eigenvalue weighted by Crippen LogP contribution is 2.25. The topological polar surface area (TPSA) is 112 Å². The Balaban J connectivity index is 1.58. The van der Waals surface area contributed by atoms with E-state index in [2.05, 4.69) is 31.6 Å². The van der Waals surface area contributed by atoms with Gasteiger partial charge in [0, 0.05) is 11.1 Å². The second-order valence-electron chi connectivity index (χ2n) is 6.73. The lowest BCUT2D eigenvalue weighted by atomic mass is 10.2. The summed E-state index contributed by atoms with van der Waals surface area (Å²) in [7, 11) is 1.66. The first-order valence-corrected chi connectivity index (χ1v) is 9.79. The average molecular weight is 417 g/mol. The van der Waals surface area contributed by atoms with Gasteiger partial charge in [0.25, 0.3) is 0 Å². The molecule has 0 unspecified atom stereocenters. The monoisotopic (exact) mass is 417 g/mol. The van der Waals surface area contributed by atoms with Gasteiger partial charge in [-0.3, -0.25) is 4.68 Å². The van der Waals surface area contributed by atoms with E-state index in [1.54, 1.807) is 7.11 Å². The number of fused-ring (bicyclic) bond motifs is 1. The standard InChI is InChI=1S/C22H23N7O2/c1-3-31-27-12-19-21(23)24-14-25-22(19)28-17-7-8-20-16(10-17)11-26-29(20)13-15-5-4-6-18(9-15)30-2/h4-12,14H,3,13H2,1-2H3,(H3,23,24,25,28)/b27-12+. The molecule has 0 amide bonds. The largest absolute Gasteiger partial charge is 0.497 e. The Morgan fingerprint density at radius 2 is 2.10 bits per heavy atom. The molecule has 2 aromatic carbocycles. The van der Waals surface area contributed by atoms with Crippen molar-refractivity contribution in [1.82, 2.24) is 19.7 Å². The number of hydrogen-bond acceptors (Lipinski definition) is 8. The molecule has 0 atom stereocenters. The molecule has 31 heavy (non-hydrogen) atoms. The fourth-order valence-corrected chi connectivity index (χ4v) is 3.17. The van der Waals surface area contributed by atoms with Crippen molar-refractivity contribution >= 4 is 34.4 Å². The molecule has 0 aliphatic heterocycles. The lowest BCUT2D eigenvalue weighted by molar-refractivity contribution is 0.160. The zero-order valence-electron chi connectivity index (χ0n) is 17.3. The Morgan fingerprint density at radius 1 is 1.19 bits per heavy atom. The maximum Gasteiger partial charge on any atom is 0.144 e. The van der Waals surface area contributed by atoms with Gasteiger partial charge in [-0.05, 0) is 42.8 Å². The highest BCUT2D eigenvalue weighted by Gasteiger charge is 2.10. The molecule has 0 saturated carbocycles. The number of anilines is 3. The SMILES string of the molecule is CCO/N=C/c1c(N)ncnc1Nc1ccc2c(cnn2Cc2cccc(OC)c2)c1. The smallest absolute Gasteiger partial charge is 0.144 e. The fourth-order valence-electron chi connectivity index (χ4n) is 3.17. The summed E-state index contributed by atoms with van der Waals surface area (Å²) in [5.74, 6) is 1.68. The van der Waals surface area contributed by atoms with E-state index < -0.39 is 0 Å². The molecule has 3 N–H and O–H groups in total. The molecule has 158 valence electrons. The first-order chi connectivity index (χ1) is 15.2. The van der Waals surface area contributed by atoms with Crippen molar-refractivity contribution in [2.24, 2.45) is 5.16 Å². The number of nitrogens with one attached hydrogen (secondary N) is 1. The number of oxime groups is 1. The molecule has 0 saturated heterocycles. The molecule has 0 fully saturated rings. The van der Waals surface area contributed by atoms with Crippen molar-refractivity contribution in [2.75, 3.05) is 24.8 Å². The number of ether oxygens (including phenoxy) is 1. The van der Waals surface area contributed by atoms with Crippen molar-refractivity contribution in [3.63, 3.8) is 0 Å². The van der Waals surface area contributed by atoms with Crippen LogP contribution in [0.1, 0.15) is 18.1 Å². The Morgan fingerprint density at radius 3 is 2.94 bits per heavy atom. The highest BCUT2D eigenvalue weighted by atomic mass is 16.6. The van der Waals surface area contributed by atoms with Crippen LogP contribution in [0.5, 0.6) is 5.75 Å². The number of aromatic nitrogens is 4. The maximum atomic E-state index is 5.98. The first kappa shape index (κ1) is 20.1. The van der Waals surface area contributed by atoms with Gasteiger partial charge in [-0.2, -0.15) is 5.10 Å². The van der Waals surface area contributed by atoms with Gasteiger partial charge in [-0.15, -0.1) is 0 Å². The molecule has 0 bridgehead atoms. The lowest BCUT2D eigenvalue weighted by Gasteiger charge is -2.10. The van der Waals surface area contributed by atoms with Crippen LogP contribution in [-0.2, 0) is 11.4 Å². The summed E-state index contributed by atoms with van der Waals surface area (Å²) in [6.45, 7) is 2.96. The van der Waals surface area contributed by atoms with Gasteiger partial charge in [-0.25, -0.2) is 9.97 Å². The third-order valence-electron chi connectivity index (χ3n) is 4.67. The van der Waals surface area contributed by atoms with Crippen molar-refractivity contribution in [2.45, 2.75) is 13.5 Å². The molecule has 9 heteroatoms. The average Bonchev–Trinajstić information content (AvgIpc) is 3.18. The van der Waals surface area contributed by atoms with E-state index >= 15 is 0 Å². The van der Waals surface area contributed by atoms with Crippen molar-refractivity contribution in [3.8, 4) is 5.75 Å². The van der Waals surface area contributed by atoms with Crippen LogP contribution in [0.3, 0.4) is 0 Å². The summed E-state index contributed by atoms with van der Waals surface area (Å²) in [4.78, 5) is 13.3. The molecule has 2 heterocycles. The number of nitrogens with zero attached hydrogens (tertiary/aromatic N) is 5. The van der Waals surface area contributed by atoms with Crippen LogP contribution in [0, 0.1) is 0 Å². The molecule has 9 nitrogen and oxygen atoms in total. The van der Waals surface area contributed by atoms with Crippen molar-refractivity contribution in [1.29, 1.82) is 0 Å². The molecule has 0 aliphatic carbocycles. The molecule has 0 radical (unpaired) electrons. The van der Waals surface area contributed by atoms with Crippen LogP contribution >= 0.6 is 0 Å². The van der Waals surface area contributed by atoms with Crippen molar-refractivity contribution < 1.29 is 9.57 Å². The predicted octanol–water partition coefficient (Wildman–Crippen LogP) is 3.58. The third kappa shape index (κ3) is 4.55. The van der Waals surface area contributed by atoms with Crippen LogP contribution in [-0.4, -0.2) is 39.7 Å². The molecule has 4 aromatic rings. The molecule has 0 spiro atoms. The summed E-state index contributed by atoms with van der Waals surface area (Å²) in [5.41, 5.74) is 9.52. The van der Waals surface area contributed by atoms with Gasteiger partial charge in [-0.1, -0.05) is 17.3 Å². The molecule has 0 aliphatic rings. The Hall–Kier alpha value is -4.14. The molecular weight excluding hydrogens is 394 g/mol. The molecular formula is C22H23N7O2. The maximum absolute atomic E-state index is 5.98. The van der Waals surface area contributed by atoms with E-state index in [1.165, 1.54) is 12.5 Å². The second-order valence-corrected chi connectivity index (χ2v) is 6.73. The Kier molecular flexibility index (Phi) is 5.93. The van der Waals surface area contributed by atoms with E-state index in [9.17, 15) is 0 Å². The van der Waals surface area contributed by atoms with Gasteiger partial charge >= 0.3 is 0 Å². The van der Waals surface area contributed by atoms with Crippen molar-refractivity contribution in [3.05, 3.63) is 66.1 Å². The summed E-state index contributed by atoms with van der Waals surface area (Å²) < 4.78 is 7.26. The number of hydrogen-bond donors (Lipinski definition) is 2. The number of rotatable bonds is 8. The van der Waals surface area contributed by atoms with E-state index in [0.717, 1.165) is 27.9 Å². The van der Waals surface area contributed by atoms with Gasteiger partial charge in [0.2, 0.25) is 0 Å². The minimum atomic E-state index is 0.313. The predicted molar refractivity (Wildman–Crippen MR) is 121 cm³/mol. The van der Waals surface area contributed by atoms with Crippen LogP contribution in [0.4, 0.5) is 17.3 Å². The summed E-state index contributed by atoms with van der Waals surface area (Å²) >= 11 is 0. The van der Waals surface area contributed by atoms with Gasteiger partial charge in [0.1, 0.15) is 30.3 Å². The Bertz CT molecular complexity index is 1220. The summed E-state index contributed by atoms with van der Waals surface area (Å²) in [5, 5.41) is 12.7. The molecule has 2 aromatic heterocycles. The fraction of sp³-hybridized carbons (Fsp3) is 0.182. The van der Waals surface area contributed by atoms with E-state index in [0.29, 0.717) is 30.4 Å². The normalized spacial score (nSPS) is 11.2. The third-order valence-corrected chi connectivity index (χ3v) is 4.67. The van der Waals surface area contributed by atoms with Gasteiger partial charge in [0.15, 0.2) is 0 Å². The molecule has 4 rings (SSSR count). The summed E-state index contributed by atoms with van der Waals surface area (Å²) in [6, 6.07) is 14.0. The first-order valence-electron chi connectivity index (χ1n) is 9.79. The second kappa shape index (κ2) is 9.12. The zero-order chi connectivity index (χ0) is 21.6. The van der Waals surface area contributed by atoms with Crippen LogP contribution in [0.15, 0.2) is 60.1 Å². The van der Waals surface area contributed by atoms with Crippen LogP contribution in [0.25, 0.3) is 10.9 Å². The number of methoxy groups -OCH3 is 1. The van der Waals surface area contributed by atoms with E-state index in [1.807, 2.05) is 54.2 Å². The Labute approximate surface area is 179 Å². The number of benzene rings is 2. The minimum absolute atomic E-state index is 0.313. The van der Waals surface area contributed by atoms with Crippen LogP contribution < -0.4 is 15.8 Å². The highest BCUT2D eigenvalue weighted by molar-refractivity contribution is 5.93. The summed E-state index contributed by atoms with van der Waals surface area (Å²) in [6.07, 6.45) is 4.75. The van der Waals surface area contributed by atoms with Gasteiger partial charge < -0.3 is 20.6 Å². The van der Waals surface area contributed by atoms with E-state index in [4.69, 9.17) is 15.3 Å². The number of nitrogen functional groups attached to an aromatic ring is 1. The van der Waals surface area contributed by atoms with Crippen LogP contribution in [0.2, 0.25) is 0 Å². The quantitative estimate of drug-likeness (QED) is 0.333. The van der Waals surface area contributed by atoms with E-state index in [-0.39, 0.29) is 0 Å². The van der Waals surface area contributed by atoms with Gasteiger partial charge in [0.05, 0.1) is 37.1 Å². The lowest BCUT2D eigenvalue weighted by Crippen LogP contribution is -2.05. The zero-order valence-corrected chi connectivity index (χ0v) is 17.3. The number of nitrogens with two attached hydrogens (primary N) is 1. The minimum Gasteiger partial charge on any atom is -0.497 e.